The smallest absolute Gasteiger partial charge is 0.326 e. The number of nitrogens with zero attached hydrogens (tertiary/aromatic N) is 2. The van der Waals surface area contributed by atoms with Crippen LogP contribution in [0.25, 0.3) is 0 Å². The Morgan fingerprint density at radius 3 is 2.56 bits per heavy atom. The Labute approximate surface area is 146 Å². The molecule has 0 unspecified atom stereocenters. The van der Waals surface area contributed by atoms with Crippen LogP contribution in [0.2, 0.25) is 5.02 Å². The van der Waals surface area contributed by atoms with Crippen LogP contribution in [0.5, 0.6) is 0 Å². The first-order valence-electron chi connectivity index (χ1n) is 7.31. The Hall–Kier alpha value is -2.29. The highest BCUT2D eigenvalue weighted by Gasteiger charge is 2.34. The maximum absolute atomic E-state index is 12.8. The fourth-order valence-electron chi connectivity index (χ4n) is 2.33. The molecular weight excluding hydrogens is 363 g/mol. The van der Waals surface area contributed by atoms with Crippen molar-refractivity contribution in [1.82, 2.24) is 9.80 Å². The van der Waals surface area contributed by atoms with Crippen LogP contribution in [0.4, 0.5) is 23.7 Å². The summed E-state index contributed by atoms with van der Waals surface area (Å²) in [7, 11) is 1.49. The first kappa shape index (κ1) is 19.0. The van der Waals surface area contributed by atoms with E-state index in [4.69, 9.17) is 11.6 Å². The fraction of sp³-hybridized carbons (Fsp3) is 0.400. The van der Waals surface area contributed by atoms with Crippen LogP contribution in [0, 0.1) is 0 Å². The van der Waals surface area contributed by atoms with Crippen molar-refractivity contribution in [3.05, 3.63) is 28.8 Å². The molecule has 1 saturated heterocycles. The Bertz CT molecular complexity index is 709. The van der Waals surface area contributed by atoms with E-state index in [2.05, 4.69) is 5.32 Å². The van der Waals surface area contributed by atoms with Gasteiger partial charge in [-0.05, 0) is 24.6 Å². The molecule has 0 bridgehead atoms. The molecule has 1 aromatic carbocycles. The average Bonchev–Trinajstić information content (AvgIpc) is 2.74. The van der Waals surface area contributed by atoms with Gasteiger partial charge in [0, 0.05) is 25.7 Å². The van der Waals surface area contributed by atoms with Gasteiger partial charge >= 0.3 is 12.2 Å². The number of carbonyl (C=O) groups excluding carboxylic acids is 3. The van der Waals surface area contributed by atoms with E-state index in [-0.39, 0.29) is 37.5 Å². The minimum atomic E-state index is -4.62. The maximum Gasteiger partial charge on any atom is 0.417 e. The summed E-state index contributed by atoms with van der Waals surface area (Å²) < 4.78 is 38.3. The number of urea groups is 1. The zero-order valence-corrected chi connectivity index (χ0v) is 13.9. The van der Waals surface area contributed by atoms with Gasteiger partial charge in [0.25, 0.3) is 0 Å². The highest BCUT2D eigenvalue weighted by Crippen LogP contribution is 2.36. The Balaban J connectivity index is 1.89. The third-order valence-corrected chi connectivity index (χ3v) is 3.90. The van der Waals surface area contributed by atoms with Gasteiger partial charge in [0.1, 0.15) is 6.54 Å². The molecule has 136 valence electrons. The summed E-state index contributed by atoms with van der Waals surface area (Å²) in [6.45, 7) is 0.0693. The summed E-state index contributed by atoms with van der Waals surface area (Å²) in [4.78, 5) is 37.4. The predicted molar refractivity (Wildman–Crippen MR) is 84.1 cm³/mol. The van der Waals surface area contributed by atoms with Crippen molar-refractivity contribution in [2.24, 2.45) is 0 Å². The van der Waals surface area contributed by atoms with E-state index in [1.54, 1.807) is 0 Å². The molecule has 1 heterocycles. The van der Waals surface area contributed by atoms with E-state index < -0.39 is 28.7 Å². The lowest BCUT2D eigenvalue weighted by atomic mass is 10.2. The van der Waals surface area contributed by atoms with Crippen LogP contribution in [0.15, 0.2) is 18.2 Å². The van der Waals surface area contributed by atoms with Gasteiger partial charge in [-0.15, -0.1) is 0 Å². The summed E-state index contributed by atoms with van der Waals surface area (Å²) in [6, 6.07) is 2.64. The molecule has 1 fully saturated rings. The Morgan fingerprint density at radius 1 is 1.32 bits per heavy atom. The van der Waals surface area contributed by atoms with E-state index in [0.29, 0.717) is 0 Å². The van der Waals surface area contributed by atoms with E-state index >= 15 is 0 Å². The van der Waals surface area contributed by atoms with Crippen molar-refractivity contribution in [3.63, 3.8) is 0 Å². The van der Waals surface area contributed by atoms with Gasteiger partial charge in [-0.3, -0.25) is 14.5 Å². The molecule has 10 heteroatoms. The summed E-state index contributed by atoms with van der Waals surface area (Å²) in [5.74, 6) is -0.872. The first-order chi connectivity index (χ1) is 11.6. The molecule has 4 amide bonds. The van der Waals surface area contributed by atoms with Gasteiger partial charge in [0.2, 0.25) is 11.8 Å². The van der Waals surface area contributed by atoms with Gasteiger partial charge in [-0.25, -0.2) is 4.79 Å². The number of alkyl halides is 3. The molecule has 0 atom stereocenters. The normalized spacial score (nSPS) is 15.1. The average molecular weight is 378 g/mol. The Kier molecular flexibility index (Phi) is 5.56. The standard InChI is InChI=1S/C15H15ClF3N3O3/c1-21-8-13(24)22(14(21)25)6-2-3-12(23)20-9-4-5-11(16)10(7-9)15(17,18)19/h4-5,7H,2-3,6,8H2,1H3,(H,20,23). The second-order valence-corrected chi connectivity index (χ2v) is 5.94. The number of anilines is 1. The summed E-state index contributed by atoms with van der Waals surface area (Å²) in [6.07, 6.45) is -4.47. The van der Waals surface area contributed by atoms with Crippen LogP contribution in [-0.4, -0.2) is 47.8 Å². The zero-order chi connectivity index (χ0) is 18.8. The van der Waals surface area contributed by atoms with Crippen molar-refractivity contribution >= 4 is 35.1 Å². The summed E-state index contributed by atoms with van der Waals surface area (Å²) >= 11 is 5.51. The topological polar surface area (TPSA) is 69.7 Å². The van der Waals surface area contributed by atoms with Crippen LogP contribution < -0.4 is 5.32 Å². The van der Waals surface area contributed by atoms with Crippen molar-refractivity contribution in [1.29, 1.82) is 0 Å². The number of likely N-dealkylation sites (N-methyl/N-ethyl adjacent to an activating group) is 1. The van der Waals surface area contributed by atoms with Crippen LogP contribution >= 0.6 is 11.6 Å². The number of carbonyl (C=O) groups is 3. The van der Waals surface area contributed by atoms with Crippen LogP contribution in [0.3, 0.4) is 0 Å². The SMILES string of the molecule is CN1CC(=O)N(CCCC(=O)Nc2ccc(Cl)c(C(F)(F)F)c2)C1=O. The molecule has 0 radical (unpaired) electrons. The summed E-state index contributed by atoms with van der Waals surface area (Å²) in [5.41, 5.74) is -1.07. The van der Waals surface area contributed by atoms with E-state index in [0.717, 1.165) is 17.0 Å². The molecule has 2 rings (SSSR count). The number of hydrogen-bond acceptors (Lipinski definition) is 3. The molecule has 1 N–H and O–H groups in total. The summed E-state index contributed by atoms with van der Waals surface area (Å²) in [5, 5.41) is 1.88. The van der Waals surface area contributed by atoms with Crippen molar-refractivity contribution < 1.29 is 27.6 Å². The molecule has 6 nitrogen and oxygen atoms in total. The maximum atomic E-state index is 12.8. The zero-order valence-electron chi connectivity index (χ0n) is 13.2. The molecule has 1 aliphatic rings. The molecule has 1 aliphatic heterocycles. The monoisotopic (exact) mass is 377 g/mol. The van der Waals surface area contributed by atoms with E-state index in [1.165, 1.54) is 18.0 Å². The molecule has 0 aliphatic carbocycles. The molecule has 0 saturated carbocycles. The molecule has 0 aromatic heterocycles. The second-order valence-electron chi connectivity index (χ2n) is 5.53. The second kappa shape index (κ2) is 7.30. The third kappa shape index (κ3) is 4.62. The van der Waals surface area contributed by atoms with Gasteiger partial charge in [0.05, 0.1) is 10.6 Å². The number of nitrogens with one attached hydrogen (secondary N) is 1. The van der Waals surface area contributed by atoms with Gasteiger partial charge in [0.15, 0.2) is 0 Å². The lowest BCUT2D eigenvalue weighted by Crippen LogP contribution is -2.32. The predicted octanol–water partition coefficient (Wildman–Crippen LogP) is 2.97. The Morgan fingerprint density at radius 2 is 2.00 bits per heavy atom. The lowest BCUT2D eigenvalue weighted by Gasteiger charge is -2.14. The fourth-order valence-corrected chi connectivity index (χ4v) is 2.56. The van der Waals surface area contributed by atoms with E-state index in [9.17, 15) is 27.6 Å². The van der Waals surface area contributed by atoms with Gasteiger partial charge in [-0.1, -0.05) is 11.6 Å². The van der Waals surface area contributed by atoms with Crippen molar-refractivity contribution in [3.8, 4) is 0 Å². The number of rotatable bonds is 5. The highest BCUT2D eigenvalue weighted by atomic mass is 35.5. The lowest BCUT2D eigenvalue weighted by molar-refractivity contribution is -0.137. The highest BCUT2D eigenvalue weighted by molar-refractivity contribution is 6.31. The van der Waals surface area contributed by atoms with Crippen molar-refractivity contribution in [2.75, 3.05) is 25.5 Å². The van der Waals surface area contributed by atoms with Gasteiger partial charge < -0.3 is 10.2 Å². The van der Waals surface area contributed by atoms with E-state index in [1.807, 2.05) is 0 Å². The minimum absolute atomic E-state index is 0.00394. The van der Waals surface area contributed by atoms with Crippen molar-refractivity contribution in [2.45, 2.75) is 19.0 Å². The number of halogens is 4. The quantitative estimate of drug-likeness (QED) is 0.802. The number of amides is 4. The number of hydrogen-bond donors (Lipinski definition) is 1. The minimum Gasteiger partial charge on any atom is -0.326 e. The number of imide groups is 1. The molecular formula is C15H15ClF3N3O3. The molecule has 0 spiro atoms. The largest absolute Gasteiger partial charge is 0.417 e. The van der Waals surface area contributed by atoms with Crippen LogP contribution in [0.1, 0.15) is 18.4 Å². The van der Waals surface area contributed by atoms with Gasteiger partial charge in [-0.2, -0.15) is 13.2 Å². The van der Waals surface area contributed by atoms with Crippen LogP contribution in [-0.2, 0) is 15.8 Å². The molecule has 25 heavy (non-hydrogen) atoms. The third-order valence-electron chi connectivity index (χ3n) is 3.57. The number of benzene rings is 1. The first-order valence-corrected chi connectivity index (χ1v) is 7.69. The molecule has 1 aromatic rings.